The topological polar surface area (TPSA) is 68.8 Å². The third-order valence-corrected chi connectivity index (χ3v) is 5.35. The Labute approximate surface area is 187 Å². The van der Waals surface area contributed by atoms with E-state index in [2.05, 4.69) is 39.7 Å². The molecule has 1 unspecified atom stereocenters. The van der Waals surface area contributed by atoms with Gasteiger partial charge in [0.1, 0.15) is 0 Å². The molecular formula is C21H36IN5O. The molecule has 7 heteroatoms. The number of halogens is 1. The van der Waals surface area contributed by atoms with E-state index in [1.807, 2.05) is 24.3 Å². The molecule has 1 amide bonds. The minimum atomic E-state index is -0.0524. The summed E-state index contributed by atoms with van der Waals surface area (Å²) in [6.45, 7) is 8.67. The highest BCUT2D eigenvalue weighted by Gasteiger charge is 2.20. The van der Waals surface area contributed by atoms with Gasteiger partial charge in [-0.2, -0.15) is 0 Å². The van der Waals surface area contributed by atoms with Gasteiger partial charge in [-0.05, 0) is 62.9 Å². The van der Waals surface area contributed by atoms with E-state index in [0.717, 1.165) is 37.0 Å². The smallest absolute Gasteiger partial charge is 0.251 e. The van der Waals surface area contributed by atoms with Gasteiger partial charge in [-0.15, -0.1) is 24.0 Å². The maximum absolute atomic E-state index is 11.7. The van der Waals surface area contributed by atoms with Crippen molar-refractivity contribution < 1.29 is 4.79 Å². The molecule has 0 bridgehead atoms. The minimum absolute atomic E-state index is 0. The number of carbonyl (C=O) groups excluding carboxylic acids is 1. The van der Waals surface area contributed by atoms with Crippen LogP contribution in [0.15, 0.2) is 29.3 Å². The molecule has 1 heterocycles. The second-order valence-electron chi connectivity index (χ2n) is 7.48. The first-order chi connectivity index (χ1) is 13.0. The van der Waals surface area contributed by atoms with E-state index in [4.69, 9.17) is 0 Å². The number of hydrogen-bond acceptors (Lipinski definition) is 3. The number of aliphatic imine (C=N–C) groups is 1. The van der Waals surface area contributed by atoms with Crippen LogP contribution in [0.1, 0.15) is 42.6 Å². The Balaban J connectivity index is 0.00000392. The molecule has 3 N–H and O–H groups in total. The molecule has 1 aliphatic heterocycles. The average Bonchev–Trinajstić information content (AvgIpc) is 2.70. The number of benzene rings is 1. The van der Waals surface area contributed by atoms with E-state index in [9.17, 15) is 4.79 Å². The molecule has 0 spiro atoms. The van der Waals surface area contributed by atoms with Crippen LogP contribution in [-0.2, 0) is 6.42 Å². The summed E-state index contributed by atoms with van der Waals surface area (Å²) in [4.78, 5) is 18.6. The van der Waals surface area contributed by atoms with Gasteiger partial charge in [0.25, 0.3) is 5.91 Å². The van der Waals surface area contributed by atoms with E-state index in [1.54, 1.807) is 14.1 Å². The number of nitrogens with zero attached hydrogens (tertiary/aromatic N) is 2. The van der Waals surface area contributed by atoms with Gasteiger partial charge in [0.05, 0.1) is 0 Å². The van der Waals surface area contributed by atoms with Crippen LogP contribution in [0.25, 0.3) is 0 Å². The first kappa shape index (κ1) is 24.7. The van der Waals surface area contributed by atoms with Gasteiger partial charge in [-0.1, -0.05) is 19.1 Å². The first-order valence-corrected chi connectivity index (χ1v) is 10.0. The lowest BCUT2D eigenvalue weighted by molar-refractivity contribution is 0.0963. The first-order valence-electron chi connectivity index (χ1n) is 10.0. The zero-order chi connectivity index (χ0) is 19.6. The summed E-state index contributed by atoms with van der Waals surface area (Å²) in [5, 5.41) is 9.46. The van der Waals surface area contributed by atoms with Crippen molar-refractivity contribution in [1.82, 2.24) is 20.9 Å². The SMILES string of the molecule is CN=C(NCCc1cccc(C(=O)NC)c1)NCC(C)N1CCC(C)CC1.I. The zero-order valence-electron chi connectivity index (χ0n) is 17.6. The van der Waals surface area contributed by atoms with Crippen molar-refractivity contribution in [3.63, 3.8) is 0 Å². The third-order valence-electron chi connectivity index (χ3n) is 5.35. The predicted molar refractivity (Wildman–Crippen MR) is 128 cm³/mol. The van der Waals surface area contributed by atoms with E-state index in [1.165, 1.54) is 25.9 Å². The maximum Gasteiger partial charge on any atom is 0.251 e. The largest absolute Gasteiger partial charge is 0.356 e. The summed E-state index contributed by atoms with van der Waals surface area (Å²) in [6.07, 6.45) is 3.43. The van der Waals surface area contributed by atoms with Crippen LogP contribution < -0.4 is 16.0 Å². The Morgan fingerprint density at radius 3 is 2.64 bits per heavy atom. The van der Waals surface area contributed by atoms with Gasteiger partial charge >= 0.3 is 0 Å². The fourth-order valence-electron chi connectivity index (χ4n) is 3.40. The highest BCUT2D eigenvalue weighted by molar-refractivity contribution is 14.0. The molecule has 1 atom stereocenters. The van der Waals surface area contributed by atoms with Crippen molar-refractivity contribution in [2.45, 2.75) is 39.2 Å². The molecule has 1 saturated heterocycles. The lowest BCUT2D eigenvalue weighted by Crippen LogP contribution is -2.48. The zero-order valence-corrected chi connectivity index (χ0v) is 20.0. The number of hydrogen-bond donors (Lipinski definition) is 3. The lowest BCUT2D eigenvalue weighted by Gasteiger charge is -2.35. The Kier molecular flexibility index (Phi) is 11.4. The van der Waals surface area contributed by atoms with Crippen molar-refractivity contribution in [1.29, 1.82) is 0 Å². The summed E-state index contributed by atoms with van der Waals surface area (Å²) in [6, 6.07) is 8.24. The number of rotatable bonds is 7. The third kappa shape index (κ3) is 7.95. The van der Waals surface area contributed by atoms with Crippen molar-refractivity contribution in [3.05, 3.63) is 35.4 Å². The standard InChI is InChI=1S/C21H35N5O.HI/c1-16-9-12-26(13-10-16)17(2)15-25-21(23-4)24-11-8-18-6-5-7-19(14-18)20(27)22-3;/h5-7,14,16-17H,8-13,15H2,1-4H3,(H,22,27)(H2,23,24,25);1H. The molecule has 0 radical (unpaired) electrons. The maximum atomic E-state index is 11.7. The number of nitrogens with one attached hydrogen (secondary N) is 3. The van der Waals surface area contributed by atoms with Crippen LogP contribution >= 0.6 is 24.0 Å². The molecule has 6 nitrogen and oxygen atoms in total. The van der Waals surface area contributed by atoms with E-state index < -0.39 is 0 Å². The average molecular weight is 501 g/mol. The summed E-state index contributed by atoms with van der Waals surface area (Å²) < 4.78 is 0. The molecule has 2 rings (SSSR count). The number of guanidine groups is 1. The molecule has 28 heavy (non-hydrogen) atoms. The molecule has 0 aliphatic carbocycles. The van der Waals surface area contributed by atoms with Gasteiger partial charge < -0.3 is 16.0 Å². The fourth-order valence-corrected chi connectivity index (χ4v) is 3.40. The Morgan fingerprint density at radius 1 is 1.29 bits per heavy atom. The van der Waals surface area contributed by atoms with Gasteiger partial charge in [-0.25, -0.2) is 0 Å². The minimum Gasteiger partial charge on any atom is -0.356 e. The predicted octanol–water partition coefficient (Wildman–Crippen LogP) is 2.49. The van der Waals surface area contributed by atoms with Crippen LogP contribution in [0, 0.1) is 5.92 Å². The van der Waals surface area contributed by atoms with Crippen molar-refractivity contribution >= 4 is 35.8 Å². The number of carbonyl (C=O) groups is 1. The van der Waals surface area contributed by atoms with E-state index in [0.29, 0.717) is 11.6 Å². The lowest BCUT2D eigenvalue weighted by atomic mass is 9.98. The quantitative estimate of drug-likeness (QED) is 0.305. The molecule has 1 aromatic carbocycles. The highest BCUT2D eigenvalue weighted by Crippen LogP contribution is 2.17. The summed E-state index contributed by atoms with van der Waals surface area (Å²) >= 11 is 0. The van der Waals surface area contributed by atoms with Crippen molar-refractivity contribution in [2.75, 3.05) is 40.3 Å². The molecule has 0 aromatic heterocycles. The van der Waals surface area contributed by atoms with Crippen LogP contribution in [0.3, 0.4) is 0 Å². The van der Waals surface area contributed by atoms with Gasteiger partial charge in [0, 0.05) is 38.8 Å². The number of likely N-dealkylation sites (tertiary alicyclic amines) is 1. The monoisotopic (exact) mass is 501 g/mol. The van der Waals surface area contributed by atoms with Crippen LogP contribution in [0.5, 0.6) is 0 Å². The molecule has 0 saturated carbocycles. The van der Waals surface area contributed by atoms with Crippen LogP contribution in [0.2, 0.25) is 0 Å². The van der Waals surface area contributed by atoms with E-state index in [-0.39, 0.29) is 29.9 Å². The molecule has 1 aliphatic rings. The van der Waals surface area contributed by atoms with Crippen LogP contribution in [0.4, 0.5) is 0 Å². The number of piperidine rings is 1. The Bertz CT molecular complexity index is 629. The highest BCUT2D eigenvalue weighted by atomic mass is 127. The second-order valence-corrected chi connectivity index (χ2v) is 7.48. The number of amides is 1. The van der Waals surface area contributed by atoms with Gasteiger partial charge in [0.2, 0.25) is 0 Å². The van der Waals surface area contributed by atoms with Crippen molar-refractivity contribution in [2.24, 2.45) is 10.9 Å². The summed E-state index contributed by atoms with van der Waals surface area (Å²) in [7, 11) is 3.45. The molecule has 1 fully saturated rings. The molecular weight excluding hydrogens is 465 g/mol. The summed E-state index contributed by atoms with van der Waals surface area (Å²) in [5.41, 5.74) is 1.83. The van der Waals surface area contributed by atoms with E-state index >= 15 is 0 Å². The Hall–Kier alpha value is -1.35. The van der Waals surface area contributed by atoms with Gasteiger partial charge in [-0.3, -0.25) is 14.7 Å². The normalized spacial score (nSPS) is 16.8. The Morgan fingerprint density at radius 2 is 2.00 bits per heavy atom. The second kappa shape index (κ2) is 13.0. The molecule has 1 aromatic rings. The van der Waals surface area contributed by atoms with Crippen LogP contribution in [-0.4, -0.2) is 63.1 Å². The van der Waals surface area contributed by atoms with Crippen molar-refractivity contribution in [3.8, 4) is 0 Å². The van der Waals surface area contributed by atoms with Gasteiger partial charge in [0.15, 0.2) is 5.96 Å². The molecule has 158 valence electrons. The fraction of sp³-hybridized carbons (Fsp3) is 0.619. The summed E-state index contributed by atoms with van der Waals surface area (Å²) in [5.74, 6) is 1.64.